The molecule has 29 heavy (non-hydrogen) atoms. The summed E-state index contributed by atoms with van der Waals surface area (Å²) in [7, 11) is 1.60. The molecule has 0 heterocycles. The maximum atomic E-state index is 13.0. The first-order chi connectivity index (χ1) is 13.9. The van der Waals surface area contributed by atoms with E-state index in [1.165, 1.54) is 4.90 Å². The van der Waals surface area contributed by atoms with Gasteiger partial charge in [0.05, 0.1) is 7.11 Å². The molecule has 1 atom stereocenters. The third-order valence-electron chi connectivity index (χ3n) is 4.59. The minimum absolute atomic E-state index is 0.140. The zero-order valence-electron chi connectivity index (χ0n) is 17.6. The van der Waals surface area contributed by atoms with Gasteiger partial charge in [0.1, 0.15) is 17.5 Å². The number of aryl methyl sites for hydroxylation is 1. The van der Waals surface area contributed by atoms with E-state index < -0.39 is 6.04 Å². The van der Waals surface area contributed by atoms with Crippen LogP contribution in [0.2, 0.25) is 0 Å². The predicted molar refractivity (Wildman–Crippen MR) is 113 cm³/mol. The van der Waals surface area contributed by atoms with Gasteiger partial charge < -0.3 is 19.7 Å². The standard InChI is InChI=1S/C23H30N2O4/c1-5-13-24-23(27)18(3)25(15-19-7-6-8-21(14-19)28-4)22(26)16-29-20-11-9-17(2)10-12-20/h6-12,14,18H,5,13,15-16H2,1-4H3,(H,24,27)/t18-/m0/s1. The van der Waals surface area contributed by atoms with Crippen molar-refractivity contribution in [2.45, 2.75) is 39.8 Å². The number of benzene rings is 2. The Labute approximate surface area is 172 Å². The predicted octanol–water partition coefficient (Wildman–Crippen LogP) is 3.33. The highest BCUT2D eigenvalue weighted by Crippen LogP contribution is 2.17. The molecule has 0 aliphatic rings. The number of ether oxygens (including phenoxy) is 2. The van der Waals surface area contributed by atoms with E-state index in [1.54, 1.807) is 14.0 Å². The molecule has 2 aromatic rings. The van der Waals surface area contributed by atoms with Crippen molar-refractivity contribution < 1.29 is 19.1 Å². The number of hydrogen-bond acceptors (Lipinski definition) is 4. The van der Waals surface area contributed by atoms with Gasteiger partial charge in [0.25, 0.3) is 5.91 Å². The number of methoxy groups -OCH3 is 1. The topological polar surface area (TPSA) is 67.9 Å². The molecule has 0 unspecified atom stereocenters. The number of carbonyl (C=O) groups excluding carboxylic acids is 2. The summed E-state index contributed by atoms with van der Waals surface area (Å²) in [5.41, 5.74) is 1.99. The van der Waals surface area contributed by atoms with Crippen LogP contribution in [0.1, 0.15) is 31.4 Å². The van der Waals surface area contributed by atoms with Crippen LogP contribution < -0.4 is 14.8 Å². The van der Waals surface area contributed by atoms with Crippen LogP contribution in [-0.4, -0.2) is 43.0 Å². The largest absolute Gasteiger partial charge is 0.497 e. The first kappa shape index (κ1) is 22.3. The van der Waals surface area contributed by atoms with Crippen molar-refractivity contribution in [3.05, 3.63) is 59.7 Å². The van der Waals surface area contributed by atoms with E-state index in [1.807, 2.05) is 62.4 Å². The van der Waals surface area contributed by atoms with Crippen molar-refractivity contribution >= 4 is 11.8 Å². The monoisotopic (exact) mass is 398 g/mol. The second kappa shape index (κ2) is 11.1. The Morgan fingerprint density at radius 1 is 1.10 bits per heavy atom. The third-order valence-corrected chi connectivity index (χ3v) is 4.59. The summed E-state index contributed by atoms with van der Waals surface area (Å²) in [4.78, 5) is 27.0. The first-order valence-corrected chi connectivity index (χ1v) is 9.84. The summed E-state index contributed by atoms with van der Waals surface area (Å²) in [6.07, 6.45) is 0.832. The zero-order valence-corrected chi connectivity index (χ0v) is 17.6. The van der Waals surface area contributed by atoms with Gasteiger partial charge >= 0.3 is 0 Å². The lowest BCUT2D eigenvalue weighted by molar-refractivity contribution is -0.142. The summed E-state index contributed by atoms with van der Waals surface area (Å²) in [6.45, 7) is 6.42. The van der Waals surface area contributed by atoms with Crippen LogP contribution in [0.25, 0.3) is 0 Å². The van der Waals surface area contributed by atoms with Gasteiger partial charge in [0.2, 0.25) is 5.91 Å². The molecule has 156 valence electrons. The fourth-order valence-corrected chi connectivity index (χ4v) is 2.81. The molecule has 2 amide bonds. The molecule has 2 rings (SSSR count). The highest BCUT2D eigenvalue weighted by Gasteiger charge is 2.26. The normalized spacial score (nSPS) is 11.4. The van der Waals surface area contributed by atoms with Crippen LogP contribution in [0.4, 0.5) is 0 Å². The van der Waals surface area contributed by atoms with E-state index in [9.17, 15) is 9.59 Å². The Morgan fingerprint density at radius 2 is 1.83 bits per heavy atom. The second-order valence-corrected chi connectivity index (χ2v) is 6.94. The summed E-state index contributed by atoms with van der Waals surface area (Å²) >= 11 is 0. The lowest BCUT2D eigenvalue weighted by Crippen LogP contribution is -2.49. The van der Waals surface area contributed by atoms with Gasteiger partial charge in [0.15, 0.2) is 6.61 Å². The van der Waals surface area contributed by atoms with Crippen molar-refractivity contribution in [1.29, 1.82) is 0 Å². The molecule has 6 heteroatoms. The number of amides is 2. The Balaban J connectivity index is 2.14. The Kier molecular flexibility index (Phi) is 8.52. The molecule has 0 fully saturated rings. The van der Waals surface area contributed by atoms with Crippen molar-refractivity contribution in [3.63, 3.8) is 0 Å². The van der Waals surface area contributed by atoms with Gasteiger partial charge in [-0.15, -0.1) is 0 Å². The molecule has 0 radical (unpaired) electrons. The van der Waals surface area contributed by atoms with Crippen LogP contribution >= 0.6 is 0 Å². The lowest BCUT2D eigenvalue weighted by Gasteiger charge is -2.28. The molecule has 1 N–H and O–H groups in total. The molecule has 0 saturated heterocycles. The van der Waals surface area contributed by atoms with Crippen LogP contribution in [0.3, 0.4) is 0 Å². The summed E-state index contributed by atoms with van der Waals surface area (Å²) in [6, 6.07) is 14.3. The van der Waals surface area contributed by atoms with Crippen LogP contribution in [0.15, 0.2) is 48.5 Å². The van der Waals surface area contributed by atoms with E-state index >= 15 is 0 Å². The van der Waals surface area contributed by atoms with Crippen molar-refractivity contribution in [2.24, 2.45) is 0 Å². The average molecular weight is 399 g/mol. The van der Waals surface area contributed by atoms with Gasteiger partial charge in [-0.2, -0.15) is 0 Å². The second-order valence-electron chi connectivity index (χ2n) is 6.94. The molecule has 0 aliphatic heterocycles. The average Bonchev–Trinajstić information content (AvgIpc) is 2.74. The summed E-state index contributed by atoms with van der Waals surface area (Å²) < 4.78 is 10.9. The van der Waals surface area contributed by atoms with E-state index in [4.69, 9.17) is 9.47 Å². The smallest absolute Gasteiger partial charge is 0.261 e. The fourth-order valence-electron chi connectivity index (χ4n) is 2.81. The minimum atomic E-state index is -0.623. The third kappa shape index (κ3) is 6.82. The highest BCUT2D eigenvalue weighted by atomic mass is 16.5. The van der Waals surface area contributed by atoms with E-state index in [-0.39, 0.29) is 25.0 Å². The minimum Gasteiger partial charge on any atom is -0.497 e. The fraction of sp³-hybridized carbons (Fsp3) is 0.391. The Bertz CT molecular complexity index is 805. The van der Waals surface area contributed by atoms with Gasteiger partial charge in [0, 0.05) is 13.1 Å². The highest BCUT2D eigenvalue weighted by molar-refractivity contribution is 5.87. The summed E-state index contributed by atoms with van der Waals surface area (Å²) in [5.74, 6) is 0.883. The zero-order chi connectivity index (χ0) is 21.2. The summed E-state index contributed by atoms with van der Waals surface area (Å²) in [5, 5.41) is 2.86. The quantitative estimate of drug-likeness (QED) is 0.667. The molecular formula is C23H30N2O4. The molecule has 0 aliphatic carbocycles. The maximum absolute atomic E-state index is 13.0. The van der Waals surface area contributed by atoms with Crippen molar-refractivity contribution in [3.8, 4) is 11.5 Å². The number of nitrogens with one attached hydrogen (secondary N) is 1. The van der Waals surface area contributed by atoms with E-state index in [0.29, 0.717) is 18.0 Å². The van der Waals surface area contributed by atoms with E-state index in [2.05, 4.69) is 5.32 Å². The molecule has 0 aromatic heterocycles. The molecule has 0 spiro atoms. The Morgan fingerprint density at radius 3 is 2.48 bits per heavy atom. The lowest BCUT2D eigenvalue weighted by atomic mass is 10.1. The SMILES string of the molecule is CCCNC(=O)[C@H](C)N(Cc1cccc(OC)c1)C(=O)COc1ccc(C)cc1. The molecular weight excluding hydrogens is 368 g/mol. The van der Waals surface area contributed by atoms with Gasteiger partial charge in [-0.25, -0.2) is 0 Å². The Hall–Kier alpha value is -3.02. The van der Waals surface area contributed by atoms with Crippen molar-refractivity contribution in [1.82, 2.24) is 10.2 Å². The van der Waals surface area contributed by atoms with Crippen LogP contribution in [0.5, 0.6) is 11.5 Å². The molecule has 0 saturated carbocycles. The number of rotatable bonds is 10. The van der Waals surface area contributed by atoms with E-state index in [0.717, 1.165) is 17.5 Å². The molecule has 6 nitrogen and oxygen atoms in total. The van der Waals surface area contributed by atoms with Gasteiger partial charge in [-0.1, -0.05) is 36.8 Å². The number of nitrogens with zero attached hydrogens (tertiary/aromatic N) is 1. The maximum Gasteiger partial charge on any atom is 0.261 e. The van der Waals surface area contributed by atoms with Gasteiger partial charge in [-0.3, -0.25) is 9.59 Å². The van der Waals surface area contributed by atoms with Crippen molar-refractivity contribution in [2.75, 3.05) is 20.3 Å². The van der Waals surface area contributed by atoms with Crippen LogP contribution in [-0.2, 0) is 16.1 Å². The molecule has 2 aromatic carbocycles. The van der Waals surface area contributed by atoms with Gasteiger partial charge in [-0.05, 0) is 50.1 Å². The first-order valence-electron chi connectivity index (χ1n) is 9.84. The van der Waals surface area contributed by atoms with Crippen LogP contribution in [0, 0.1) is 6.92 Å². The number of hydrogen-bond donors (Lipinski definition) is 1. The molecule has 0 bridgehead atoms. The number of carbonyl (C=O) groups is 2.